The molecule has 1 amide bonds. The van der Waals surface area contributed by atoms with E-state index in [0.717, 1.165) is 47.5 Å². The molecule has 0 radical (unpaired) electrons. The van der Waals surface area contributed by atoms with Crippen LogP contribution in [0.15, 0.2) is 65.8 Å². The molecule has 3 aromatic rings. The number of likely N-dealkylation sites (tertiary alicyclic amines) is 1. The van der Waals surface area contributed by atoms with Crippen molar-refractivity contribution in [2.75, 3.05) is 13.1 Å². The molecule has 1 aromatic heterocycles. The van der Waals surface area contributed by atoms with Gasteiger partial charge in [0.2, 0.25) is 5.91 Å². The first kappa shape index (κ1) is 20.8. The Bertz CT molecular complexity index is 1070. The number of aliphatic imine (C=N–C) groups is 1. The number of nitrogens with zero attached hydrogens (tertiary/aromatic N) is 3. The second-order valence-corrected chi connectivity index (χ2v) is 7.77. The zero-order valence-corrected chi connectivity index (χ0v) is 18.0. The number of hydrogen-bond donors (Lipinski definition) is 2. The number of para-hydroxylation sites is 1. The van der Waals surface area contributed by atoms with Crippen LogP contribution >= 0.6 is 0 Å². The highest BCUT2D eigenvalue weighted by Crippen LogP contribution is 2.17. The molecule has 2 aromatic carbocycles. The van der Waals surface area contributed by atoms with Gasteiger partial charge in [-0.15, -0.1) is 0 Å². The SMILES string of the molecule is CCNC(=NCc1cccc(CN2CCCC2=O)c1)NCc1ccnc2ccccc12. The quantitative estimate of drug-likeness (QED) is 0.457. The summed E-state index contributed by atoms with van der Waals surface area (Å²) >= 11 is 0. The molecule has 0 atom stereocenters. The zero-order valence-electron chi connectivity index (χ0n) is 18.0. The molecule has 6 heteroatoms. The van der Waals surface area contributed by atoms with Crippen LogP contribution in [-0.2, 0) is 24.4 Å². The molecular formula is C25H29N5O. The normalized spacial score (nSPS) is 14.3. The van der Waals surface area contributed by atoms with Crippen molar-refractivity contribution in [2.45, 2.75) is 39.4 Å². The second-order valence-electron chi connectivity index (χ2n) is 7.77. The number of nitrogens with one attached hydrogen (secondary N) is 2. The first-order valence-corrected chi connectivity index (χ1v) is 10.9. The molecule has 0 bridgehead atoms. The van der Waals surface area contributed by atoms with Crippen LogP contribution in [0.1, 0.15) is 36.5 Å². The highest BCUT2D eigenvalue weighted by molar-refractivity contribution is 5.83. The Balaban J connectivity index is 1.42. The van der Waals surface area contributed by atoms with Gasteiger partial charge in [0.15, 0.2) is 5.96 Å². The molecule has 31 heavy (non-hydrogen) atoms. The predicted molar refractivity (Wildman–Crippen MR) is 124 cm³/mol. The molecule has 160 valence electrons. The molecule has 0 saturated carbocycles. The summed E-state index contributed by atoms with van der Waals surface area (Å²) in [4.78, 5) is 23.0. The smallest absolute Gasteiger partial charge is 0.222 e. The number of rotatable bonds is 7. The number of amides is 1. The average Bonchev–Trinajstić information content (AvgIpc) is 3.20. The highest BCUT2D eigenvalue weighted by atomic mass is 16.2. The van der Waals surface area contributed by atoms with E-state index >= 15 is 0 Å². The van der Waals surface area contributed by atoms with Crippen molar-refractivity contribution < 1.29 is 4.79 Å². The number of fused-ring (bicyclic) bond motifs is 1. The van der Waals surface area contributed by atoms with E-state index in [1.165, 1.54) is 5.56 Å². The van der Waals surface area contributed by atoms with Gasteiger partial charge in [-0.1, -0.05) is 42.5 Å². The molecule has 6 nitrogen and oxygen atoms in total. The van der Waals surface area contributed by atoms with Crippen LogP contribution in [0.2, 0.25) is 0 Å². The lowest BCUT2D eigenvalue weighted by atomic mass is 10.1. The lowest BCUT2D eigenvalue weighted by Crippen LogP contribution is -2.36. The van der Waals surface area contributed by atoms with Crippen molar-refractivity contribution in [1.29, 1.82) is 0 Å². The maximum atomic E-state index is 11.9. The number of aromatic nitrogens is 1. The van der Waals surface area contributed by atoms with Gasteiger partial charge in [0, 0.05) is 44.2 Å². The molecule has 2 heterocycles. The maximum Gasteiger partial charge on any atom is 0.222 e. The first-order valence-electron chi connectivity index (χ1n) is 10.9. The van der Waals surface area contributed by atoms with Crippen LogP contribution in [0, 0.1) is 0 Å². The Morgan fingerprint density at radius 1 is 1.10 bits per heavy atom. The summed E-state index contributed by atoms with van der Waals surface area (Å²) in [5, 5.41) is 7.91. The monoisotopic (exact) mass is 415 g/mol. The summed E-state index contributed by atoms with van der Waals surface area (Å²) in [5.74, 6) is 1.04. The van der Waals surface area contributed by atoms with Crippen LogP contribution in [-0.4, -0.2) is 34.8 Å². The summed E-state index contributed by atoms with van der Waals surface area (Å²) in [6.45, 7) is 5.65. The number of carbonyl (C=O) groups excluding carboxylic acids is 1. The molecule has 0 unspecified atom stereocenters. The fourth-order valence-electron chi connectivity index (χ4n) is 3.92. The van der Waals surface area contributed by atoms with E-state index in [1.54, 1.807) is 0 Å². The van der Waals surface area contributed by atoms with E-state index in [1.807, 2.05) is 41.4 Å². The third-order valence-electron chi connectivity index (χ3n) is 5.49. The lowest BCUT2D eigenvalue weighted by Gasteiger charge is -2.16. The number of pyridine rings is 1. The fraction of sp³-hybridized carbons (Fsp3) is 0.320. The zero-order chi connectivity index (χ0) is 21.5. The van der Waals surface area contributed by atoms with Crippen LogP contribution in [0.3, 0.4) is 0 Å². The lowest BCUT2D eigenvalue weighted by molar-refractivity contribution is -0.128. The summed E-state index contributed by atoms with van der Waals surface area (Å²) in [6.07, 6.45) is 3.49. The van der Waals surface area contributed by atoms with Crippen molar-refractivity contribution in [3.05, 3.63) is 77.5 Å². The van der Waals surface area contributed by atoms with Crippen molar-refractivity contribution in [2.24, 2.45) is 4.99 Å². The second kappa shape index (κ2) is 10.1. The van der Waals surface area contributed by atoms with Gasteiger partial charge in [-0.2, -0.15) is 0 Å². The third kappa shape index (κ3) is 5.40. The Hall–Kier alpha value is -3.41. The van der Waals surface area contributed by atoms with Crippen molar-refractivity contribution in [1.82, 2.24) is 20.5 Å². The van der Waals surface area contributed by atoms with Crippen molar-refractivity contribution in [3.63, 3.8) is 0 Å². The minimum atomic E-state index is 0.255. The van der Waals surface area contributed by atoms with Gasteiger partial charge in [0.05, 0.1) is 12.1 Å². The molecule has 1 fully saturated rings. The molecular weight excluding hydrogens is 386 g/mol. The van der Waals surface area contributed by atoms with E-state index < -0.39 is 0 Å². The molecule has 4 rings (SSSR count). The van der Waals surface area contributed by atoms with Gasteiger partial charge in [-0.05, 0) is 42.2 Å². The minimum Gasteiger partial charge on any atom is -0.357 e. The molecule has 1 aliphatic rings. The number of benzene rings is 2. The Morgan fingerprint density at radius 2 is 1.97 bits per heavy atom. The standard InChI is InChI=1S/C25H29N5O/c1-2-26-25(29-17-21-12-13-27-23-10-4-3-9-22(21)23)28-16-19-7-5-8-20(15-19)18-30-14-6-11-24(30)31/h3-5,7-10,12-13,15H,2,6,11,14,16-18H2,1H3,(H2,26,28,29). The predicted octanol–water partition coefficient (Wildman–Crippen LogP) is 3.61. The van der Waals surface area contributed by atoms with E-state index in [9.17, 15) is 4.79 Å². The molecule has 2 N–H and O–H groups in total. The van der Waals surface area contributed by atoms with E-state index in [0.29, 0.717) is 26.1 Å². The summed E-state index contributed by atoms with van der Waals surface area (Å²) in [5.41, 5.74) is 4.48. The van der Waals surface area contributed by atoms with Gasteiger partial charge in [-0.25, -0.2) is 4.99 Å². The van der Waals surface area contributed by atoms with Crippen molar-refractivity contribution >= 4 is 22.8 Å². The van der Waals surface area contributed by atoms with Crippen molar-refractivity contribution in [3.8, 4) is 0 Å². The van der Waals surface area contributed by atoms with Crippen LogP contribution in [0.25, 0.3) is 10.9 Å². The summed E-state index contributed by atoms with van der Waals surface area (Å²) < 4.78 is 0. The van der Waals surface area contributed by atoms with Crippen LogP contribution in [0.4, 0.5) is 0 Å². The Morgan fingerprint density at radius 3 is 2.81 bits per heavy atom. The van der Waals surface area contributed by atoms with Crippen LogP contribution in [0.5, 0.6) is 0 Å². The Kier molecular flexibility index (Phi) is 6.77. The van der Waals surface area contributed by atoms with E-state index in [2.05, 4.69) is 46.8 Å². The minimum absolute atomic E-state index is 0.255. The molecule has 1 aliphatic heterocycles. The van der Waals surface area contributed by atoms with Gasteiger partial charge >= 0.3 is 0 Å². The van der Waals surface area contributed by atoms with Gasteiger partial charge < -0.3 is 15.5 Å². The number of carbonyl (C=O) groups is 1. The number of hydrogen-bond acceptors (Lipinski definition) is 3. The summed E-state index contributed by atoms with van der Waals surface area (Å²) in [7, 11) is 0. The molecule has 1 saturated heterocycles. The fourth-order valence-corrected chi connectivity index (χ4v) is 3.92. The van der Waals surface area contributed by atoms with Crippen LogP contribution < -0.4 is 10.6 Å². The molecule has 0 aliphatic carbocycles. The third-order valence-corrected chi connectivity index (χ3v) is 5.49. The first-order chi connectivity index (χ1) is 15.2. The Labute approximate surface area is 183 Å². The molecule has 0 spiro atoms. The average molecular weight is 416 g/mol. The maximum absolute atomic E-state index is 11.9. The topological polar surface area (TPSA) is 69.6 Å². The number of guanidine groups is 1. The van der Waals surface area contributed by atoms with Gasteiger partial charge in [0.25, 0.3) is 0 Å². The van der Waals surface area contributed by atoms with Gasteiger partial charge in [0.1, 0.15) is 0 Å². The van der Waals surface area contributed by atoms with E-state index in [4.69, 9.17) is 4.99 Å². The largest absolute Gasteiger partial charge is 0.357 e. The summed E-state index contributed by atoms with van der Waals surface area (Å²) in [6, 6.07) is 18.6. The highest BCUT2D eigenvalue weighted by Gasteiger charge is 2.19. The van der Waals surface area contributed by atoms with E-state index in [-0.39, 0.29) is 5.91 Å². The van der Waals surface area contributed by atoms with Gasteiger partial charge in [-0.3, -0.25) is 9.78 Å².